The lowest BCUT2D eigenvalue weighted by Gasteiger charge is -1.96. The van der Waals surface area contributed by atoms with Crippen LogP contribution < -0.4 is 22.3 Å². The van der Waals surface area contributed by atoms with Crippen molar-refractivity contribution in [3.63, 3.8) is 0 Å². The molecule has 0 bridgehead atoms. The van der Waals surface area contributed by atoms with Crippen LogP contribution in [0.1, 0.15) is 5.56 Å². The van der Waals surface area contributed by atoms with Gasteiger partial charge >= 0.3 is 5.69 Å². The number of aromatic amines is 1. The van der Waals surface area contributed by atoms with Crippen molar-refractivity contribution in [3.8, 4) is 11.8 Å². The van der Waals surface area contributed by atoms with E-state index >= 15 is 0 Å². The summed E-state index contributed by atoms with van der Waals surface area (Å²) < 4.78 is 1.21. The van der Waals surface area contributed by atoms with Crippen LogP contribution in [0, 0.1) is 11.8 Å². The molecular formula is C10H12N4O3. The van der Waals surface area contributed by atoms with Crippen LogP contribution in [0.3, 0.4) is 0 Å². The second-order valence-electron chi connectivity index (χ2n) is 3.20. The molecule has 1 rings (SSSR count). The van der Waals surface area contributed by atoms with Gasteiger partial charge in [-0.2, -0.15) is 0 Å². The number of nitrogens with zero attached hydrogens (tertiary/aromatic N) is 1. The second kappa shape index (κ2) is 5.67. The largest absolute Gasteiger partial charge is 0.344 e. The maximum atomic E-state index is 11.3. The molecule has 1 heterocycles. The van der Waals surface area contributed by atoms with E-state index in [0.717, 1.165) is 0 Å². The zero-order valence-corrected chi connectivity index (χ0v) is 9.24. The van der Waals surface area contributed by atoms with E-state index in [1.807, 2.05) is 0 Å². The fourth-order valence-corrected chi connectivity index (χ4v) is 1.01. The molecule has 0 unspecified atom stereocenters. The summed E-state index contributed by atoms with van der Waals surface area (Å²) in [5, 5.41) is 2.43. The Morgan fingerprint density at radius 2 is 2.29 bits per heavy atom. The number of nitrogens with two attached hydrogens (primary N) is 1. The highest BCUT2D eigenvalue weighted by molar-refractivity contribution is 5.77. The minimum Gasteiger partial charge on any atom is -0.344 e. The summed E-state index contributed by atoms with van der Waals surface area (Å²) in [4.78, 5) is 35.2. The summed E-state index contributed by atoms with van der Waals surface area (Å²) >= 11 is 0. The molecule has 4 N–H and O–H groups in total. The monoisotopic (exact) mass is 236 g/mol. The van der Waals surface area contributed by atoms with Crippen molar-refractivity contribution in [1.29, 1.82) is 0 Å². The quantitative estimate of drug-likeness (QED) is 0.493. The molecule has 7 heteroatoms. The fraction of sp³-hybridized carbons (Fsp3) is 0.300. The Morgan fingerprint density at radius 3 is 2.94 bits per heavy atom. The molecule has 0 atom stereocenters. The van der Waals surface area contributed by atoms with Crippen LogP contribution in [0.5, 0.6) is 0 Å². The third-order valence-corrected chi connectivity index (χ3v) is 1.89. The number of amides is 1. The summed E-state index contributed by atoms with van der Waals surface area (Å²) in [6, 6.07) is 0. The second-order valence-corrected chi connectivity index (χ2v) is 3.20. The van der Waals surface area contributed by atoms with Crippen molar-refractivity contribution in [1.82, 2.24) is 14.9 Å². The molecule has 0 saturated heterocycles. The smallest absolute Gasteiger partial charge is 0.328 e. The Kier molecular flexibility index (Phi) is 4.25. The van der Waals surface area contributed by atoms with Gasteiger partial charge in [-0.25, -0.2) is 4.79 Å². The van der Waals surface area contributed by atoms with Crippen molar-refractivity contribution in [3.05, 3.63) is 32.6 Å². The third kappa shape index (κ3) is 3.62. The van der Waals surface area contributed by atoms with E-state index in [1.54, 1.807) is 0 Å². The van der Waals surface area contributed by atoms with Crippen LogP contribution in [0.2, 0.25) is 0 Å². The molecule has 0 aliphatic heterocycles. The zero-order chi connectivity index (χ0) is 12.8. The molecule has 1 aromatic rings. The topological polar surface area (TPSA) is 110 Å². The van der Waals surface area contributed by atoms with Gasteiger partial charge in [0.25, 0.3) is 5.56 Å². The molecule has 0 radical (unpaired) electrons. The summed E-state index contributed by atoms with van der Waals surface area (Å²) in [5.41, 5.74) is 4.18. The Bertz CT molecular complexity index is 588. The Hall–Kier alpha value is -2.33. The fourth-order valence-electron chi connectivity index (χ4n) is 1.01. The predicted octanol–water partition coefficient (Wildman–Crippen LogP) is -2.50. The predicted molar refractivity (Wildman–Crippen MR) is 61.2 cm³/mol. The number of H-pyrrole nitrogens is 1. The number of rotatable bonds is 2. The lowest BCUT2D eigenvalue weighted by Crippen LogP contribution is -2.30. The van der Waals surface area contributed by atoms with Crippen molar-refractivity contribution < 1.29 is 4.79 Å². The Morgan fingerprint density at radius 1 is 1.59 bits per heavy atom. The van der Waals surface area contributed by atoms with Crippen LogP contribution in [-0.2, 0) is 11.8 Å². The highest BCUT2D eigenvalue weighted by atomic mass is 16.2. The summed E-state index contributed by atoms with van der Waals surface area (Å²) in [6.45, 7) is -0.0135. The average molecular weight is 236 g/mol. The van der Waals surface area contributed by atoms with Gasteiger partial charge in [-0.05, 0) is 0 Å². The molecule has 1 aromatic heterocycles. The summed E-state index contributed by atoms with van der Waals surface area (Å²) in [6.07, 6.45) is 1.33. The van der Waals surface area contributed by atoms with Crippen molar-refractivity contribution in [2.75, 3.05) is 13.1 Å². The van der Waals surface area contributed by atoms with E-state index in [2.05, 4.69) is 22.1 Å². The third-order valence-electron chi connectivity index (χ3n) is 1.89. The number of carbonyl (C=O) groups is 1. The molecule has 17 heavy (non-hydrogen) atoms. The molecule has 7 nitrogen and oxygen atoms in total. The molecule has 1 amide bonds. The highest BCUT2D eigenvalue weighted by Crippen LogP contribution is 1.81. The average Bonchev–Trinajstić information content (AvgIpc) is 2.30. The van der Waals surface area contributed by atoms with Crippen LogP contribution in [0.4, 0.5) is 0 Å². The van der Waals surface area contributed by atoms with E-state index in [0.29, 0.717) is 0 Å². The number of carbonyl (C=O) groups excluding carboxylic acids is 1. The minimum absolute atomic E-state index is 0.0955. The number of nitrogens with one attached hydrogen (secondary N) is 2. The number of hydrogen-bond donors (Lipinski definition) is 3. The van der Waals surface area contributed by atoms with Gasteiger partial charge < -0.3 is 15.6 Å². The van der Waals surface area contributed by atoms with Crippen LogP contribution >= 0.6 is 0 Å². The van der Waals surface area contributed by atoms with Gasteiger partial charge in [0.15, 0.2) is 0 Å². The molecule has 0 saturated carbocycles. The van der Waals surface area contributed by atoms with Crippen LogP contribution in [-0.4, -0.2) is 28.5 Å². The van der Waals surface area contributed by atoms with Crippen molar-refractivity contribution in [2.45, 2.75) is 0 Å². The van der Waals surface area contributed by atoms with E-state index < -0.39 is 11.2 Å². The number of hydrogen-bond acceptors (Lipinski definition) is 4. The first-order valence-electron chi connectivity index (χ1n) is 4.80. The highest BCUT2D eigenvalue weighted by Gasteiger charge is 1.98. The van der Waals surface area contributed by atoms with Gasteiger partial charge in [0, 0.05) is 13.2 Å². The SMILES string of the molecule is Cn1cc(C#CCNC(=O)CN)c(=O)[nH]c1=O. The van der Waals surface area contributed by atoms with Gasteiger partial charge in [0.05, 0.1) is 13.1 Å². The Labute approximate surface area is 96.6 Å². The molecule has 0 aromatic carbocycles. The summed E-state index contributed by atoms with van der Waals surface area (Å²) in [5.74, 6) is 4.81. The van der Waals surface area contributed by atoms with E-state index in [1.165, 1.54) is 17.8 Å². The van der Waals surface area contributed by atoms with Crippen molar-refractivity contribution >= 4 is 5.91 Å². The van der Waals surface area contributed by atoms with Gasteiger partial charge in [-0.1, -0.05) is 11.8 Å². The van der Waals surface area contributed by atoms with Crippen LogP contribution in [0.15, 0.2) is 15.8 Å². The van der Waals surface area contributed by atoms with Crippen molar-refractivity contribution in [2.24, 2.45) is 12.8 Å². The number of aryl methyl sites for hydroxylation is 1. The maximum Gasteiger partial charge on any atom is 0.328 e. The Balaban J connectivity index is 2.79. The molecule has 0 fully saturated rings. The van der Waals surface area contributed by atoms with Crippen LogP contribution in [0.25, 0.3) is 0 Å². The normalized spacial score (nSPS) is 9.29. The molecule has 0 aliphatic carbocycles. The molecule has 0 spiro atoms. The van der Waals surface area contributed by atoms with Gasteiger partial charge in [-0.3, -0.25) is 14.6 Å². The first kappa shape index (κ1) is 12.7. The zero-order valence-electron chi connectivity index (χ0n) is 9.24. The summed E-state index contributed by atoms with van der Waals surface area (Å²) in [7, 11) is 1.50. The minimum atomic E-state index is -0.550. The lowest BCUT2D eigenvalue weighted by molar-refractivity contribution is -0.119. The first-order chi connectivity index (χ1) is 8.04. The maximum absolute atomic E-state index is 11.3. The van der Waals surface area contributed by atoms with Gasteiger partial charge in [-0.15, -0.1) is 0 Å². The van der Waals surface area contributed by atoms with E-state index in [9.17, 15) is 14.4 Å². The van der Waals surface area contributed by atoms with Gasteiger partial charge in [0.2, 0.25) is 5.91 Å². The number of aromatic nitrogens is 2. The molecule has 0 aliphatic rings. The molecular weight excluding hydrogens is 224 g/mol. The van der Waals surface area contributed by atoms with Gasteiger partial charge in [0.1, 0.15) is 5.56 Å². The first-order valence-corrected chi connectivity index (χ1v) is 4.80. The molecule has 90 valence electrons. The van der Waals surface area contributed by atoms with E-state index in [4.69, 9.17) is 5.73 Å². The standard InChI is InChI=1S/C10H12N4O3/c1-14-6-7(9(16)13-10(14)17)3-2-4-12-8(15)5-11/h6H,4-5,11H2,1H3,(H,12,15)(H,13,16,17). The van der Waals surface area contributed by atoms with E-state index in [-0.39, 0.29) is 24.6 Å². The lowest BCUT2D eigenvalue weighted by atomic mass is 10.3.